The third-order valence-electron chi connectivity index (χ3n) is 4.38. The zero-order valence-electron chi connectivity index (χ0n) is 17.7. The van der Waals surface area contributed by atoms with Gasteiger partial charge in [-0.15, -0.1) is 0 Å². The van der Waals surface area contributed by atoms with Crippen molar-refractivity contribution in [1.29, 1.82) is 0 Å². The van der Waals surface area contributed by atoms with Gasteiger partial charge in [0.25, 0.3) is 21.8 Å². The summed E-state index contributed by atoms with van der Waals surface area (Å²) in [4.78, 5) is 24.0. The molecule has 33 heavy (non-hydrogen) atoms. The Morgan fingerprint density at radius 1 is 0.970 bits per heavy atom. The molecule has 0 aromatic heterocycles. The van der Waals surface area contributed by atoms with E-state index in [0.29, 0.717) is 18.0 Å². The second-order valence-corrected chi connectivity index (χ2v) is 8.92. The molecule has 0 bridgehead atoms. The van der Waals surface area contributed by atoms with Crippen molar-refractivity contribution in [2.24, 2.45) is 0 Å². The molecule has 3 aromatic rings. The first-order valence-electron chi connectivity index (χ1n) is 9.97. The van der Waals surface area contributed by atoms with Crippen molar-refractivity contribution < 1.29 is 22.7 Å². The Hall–Kier alpha value is -3.56. The molecule has 8 nitrogen and oxygen atoms in total. The molecule has 10 heteroatoms. The smallest absolute Gasteiger partial charge is 0.261 e. The van der Waals surface area contributed by atoms with Crippen LogP contribution in [0.15, 0.2) is 77.7 Å². The van der Waals surface area contributed by atoms with Crippen molar-refractivity contribution in [3.63, 3.8) is 0 Å². The monoisotopic (exact) mass is 487 g/mol. The maximum Gasteiger partial charge on any atom is 0.261 e. The number of halogens is 1. The van der Waals surface area contributed by atoms with E-state index in [1.54, 1.807) is 48.5 Å². The Morgan fingerprint density at radius 3 is 2.39 bits per heavy atom. The van der Waals surface area contributed by atoms with Gasteiger partial charge in [0.1, 0.15) is 5.75 Å². The van der Waals surface area contributed by atoms with Crippen LogP contribution >= 0.6 is 11.6 Å². The Labute approximate surface area is 197 Å². The molecule has 3 N–H and O–H groups in total. The van der Waals surface area contributed by atoms with Crippen molar-refractivity contribution in [2.45, 2.75) is 11.8 Å². The number of nitrogens with one attached hydrogen (secondary N) is 3. The number of hydrogen-bond acceptors (Lipinski definition) is 5. The molecule has 0 aliphatic heterocycles. The summed E-state index contributed by atoms with van der Waals surface area (Å²) in [5.74, 6) is -0.243. The lowest BCUT2D eigenvalue weighted by atomic mass is 10.2. The Balaban J connectivity index is 1.67. The molecule has 0 fully saturated rings. The SMILES string of the molecule is CCNC(=O)COc1ccc(NC(=O)c2cccc(S(=O)(=O)Nc3ccccc3Cl)c2)cc1. The Bertz CT molecular complexity index is 1250. The number of carbonyl (C=O) groups is 2. The lowest BCUT2D eigenvalue weighted by Crippen LogP contribution is -2.28. The highest BCUT2D eigenvalue weighted by atomic mass is 35.5. The van der Waals surface area contributed by atoms with Gasteiger partial charge in [0.05, 0.1) is 15.6 Å². The van der Waals surface area contributed by atoms with Gasteiger partial charge in [-0.25, -0.2) is 8.42 Å². The zero-order chi connectivity index (χ0) is 23.8. The first-order valence-corrected chi connectivity index (χ1v) is 11.8. The van der Waals surface area contributed by atoms with E-state index in [4.69, 9.17) is 16.3 Å². The normalized spacial score (nSPS) is 10.8. The molecule has 3 rings (SSSR count). The van der Waals surface area contributed by atoms with Crippen LogP contribution in [0.25, 0.3) is 0 Å². The number of benzene rings is 3. The van der Waals surface area contributed by atoms with Gasteiger partial charge in [0, 0.05) is 17.8 Å². The standard InChI is InChI=1S/C23H22ClN3O5S/c1-2-25-22(28)15-32-18-12-10-17(11-13-18)26-23(29)16-6-5-7-19(14-16)33(30,31)27-21-9-4-3-8-20(21)24/h3-14,27H,2,15H2,1H3,(H,25,28)(H,26,29). The number of rotatable bonds is 9. The van der Waals surface area contributed by atoms with Gasteiger partial charge in [-0.3, -0.25) is 14.3 Å². The van der Waals surface area contributed by atoms with Crippen LogP contribution in [-0.2, 0) is 14.8 Å². The predicted octanol–water partition coefficient (Wildman–Crippen LogP) is 3.91. The number of likely N-dealkylation sites (N-methyl/N-ethyl adjacent to an activating group) is 1. The van der Waals surface area contributed by atoms with Gasteiger partial charge in [0.15, 0.2) is 6.61 Å². The summed E-state index contributed by atoms with van der Waals surface area (Å²) in [6.07, 6.45) is 0. The van der Waals surface area contributed by atoms with Crippen molar-refractivity contribution in [3.05, 3.63) is 83.4 Å². The minimum atomic E-state index is -3.95. The first-order chi connectivity index (χ1) is 15.8. The Morgan fingerprint density at radius 2 is 1.70 bits per heavy atom. The molecule has 0 unspecified atom stereocenters. The van der Waals surface area contributed by atoms with E-state index >= 15 is 0 Å². The number of anilines is 2. The van der Waals surface area contributed by atoms with Crippen molar-refractivity contribution in [3.8, 4) is 5.75 Å². The summed E-state index contributed by atoms with van der Waals surface area (Å²) >= 11 is 6.03. The van der Waals surface area contributed by atoms with Gasteiger partial charge in [-0.05, 0) is 61.5 Å². The van der Waals surface area contributed by atoms with Crippen LogP contribution in [0.3, 0.4) is 0 Å². The fraction of sp³-hybridized carbons (Fsp3) is 0.130. The van der Waals surface area contributed by atoms with Crippen molar-refractivity contribution in [2.75, 3.05) is 23.2 Å². The van der Waals surface area contributed by atoms with Crippen molar-refractivity contribution >= 4 is 44.8 Å². The maximum absolute atomic E-state index is 12.7. The largest absolute Gasteiger partial charge is 0.484 e. The number of amides is 2. The molecular weight excluding hydrogens is 466 g/mol. The van der Waals surface area contributed by atoms with Crippen LogP contribution < -0.4 is 20.1 Å². The summed E-state index contributed by atoms with van der Waals surface area (Å²) in [7, 11) is -3.95. The average Bonchev–Trinajstić information content (AvgIpc) is 2.80. The highest BCUT2D eigenvalue weighted by Gasteiger charge is 2.18. The molecule has 0 aliphatic rings. The van der Waals surface area contributed by atoms with Crippen LogP contribution in [0.5, 0.6) is 5.75 Å². The highest BCUT2D eigenvalue weighted by Crippen LogP contribution is 2.24. The summed E-state index contributed by atoms with van der Waals surface area (Å²) < 4.78 is 33.2. The van der Waals surface area contributed by atoms with Crippen LogP contribution in [-0.4, -0.2) is 33.4 Å². The molecule has 0 radical (unpaired) electrons. The molecule has 0 saturated carbocycles. The third-order valence-corrected chi connectivity index (χ3v) is 6.07. The number of ether oxygens (including phenoxy) is 1. The second kappa shape index (κ2) is 10.8. The quantitative estimate of drug-likeness (QED) is 0.423. The third kappa shape index (κ3) is 6.71. The summed E-state index contributed by atoms with van der Waals surface area (Å²) in [5.41, 5.74) is 0.880. The van der Waals surface area contributed by atoms with Gasteiger partial charge < -0.3 is 15.4 Å². The maximum atomic E-state index is 12.7. The molecule has 172 valence electrons. The van der Waals surface area contributed by atoms with Crippen LogP contribution in [0.2, 0.25) is 5.02 Å². The fourth-order valence-corrected chi connectivity index (χ4v) is 4.15. The van der Waals surface area contributed by atoms with Crippen LogP contribution in [0, 0.1) is 0 Å². The molecule has 0 aliphatic carbocycles. The molecule has 0 spiro atoms. The van der Waals surface area contributed by atoms with Crippen LogP contribution in [0.1, 0.15) is 17.3 Å². The lowest BCUT2D eigenvalue weighted by molar-refractivity contribution is -0.122. The van der Waals surface area contributed by atoms with E-state index in [0.717, 1.165) is 0 Å². The topological polar surface area (TPSA) is 114 Å². The molecule has 0 atom stereocenters. The van der Waals surface area contributed by atoms with E-state index in [1.807, 2.05) is 6.92 Å². The number of carbonyl (C=O) groups excluding carboxylic acids is 2. The van der Waals surface area contributed by atoms with Gasteiger partial charge in [-0.1, -0.05) is 29.8 Å². The molecule has 0 saturated heterocycles. The second-order valence-electron chi connectivity index (χ2n) is 6.83. The average molecular weight is 488 g/mol. The summed E-state index contributed by atoms with van der Waals surface area (Å²) in [6.45, 7) is 2.23. The van der Waals surface area contributed by atoms with Gasteiger partial charge in [-0.2, -0.15) is 0 Å². The van der Waals surface area contributed by atoms with E-state index in [-0.39, 0.29) is 33.7 Å². The van der Waals surface area contributed by atoms with E-state index in [9.17, 15) is 18.0 Å². The first kappa shape index (κ1) is 24.1. The minimum absolute atomic E-state index is 0.0795. The summed E-state index contributed by atoms with van der Waals surface area (Å²) in [5, 5.41) is 5.58. The van der Waals surface area contributed by atoms with Gasteiger partial charge in [0.2, 0.25) is 0 Å². The molecule has 2 amide bonds. The number of hydrogen-bond donors (Lipinski definition) is 3. The fourth-order valence-electron chi connectivity index (χ4n) is 2.79. The zero-order valence-corrected chi connectivity index (χ0v) is 19.2. The molecule has 0 heterocycles. The van der Waals surface area contributed by atoms with E-state index in [2.05, 4.69) is 15.4 Å². The lowest BCUT2D eigenvalue weighted by Gasteiger charge is -2.11. The molecule has 3 aromatic carbocycles. The van der Waals surface area contributed by atoms with Crippen molar-refractivity contribution in [1.82, 2.24) is 5.32 Å². The van der Waals surface area contributed by atoms with E-state index < -0.39 is 15.9 Å². The molecular formula is C23H22ClN3O5S. The predicted molar refractivity (Wildman–Crippen MR) is 127 cm³/mol. The minimum Gasteiger partial charge on any atom is -0.484 e. The number of para-hydroxylation sites is 1. The van der Waals surface area contributed by atoms with Gasteiger partial charge >= 0.3 is 0 Å². The van der Waals surface area contributed by atoms with E-state index in [1.165, 1.54) is 24.3 Å². The Kier molecular flexibility index (Phi) is 7.92. The summed E-state index contributed by atoms with van der Waals surface area (Å²) in [6, 6.07) is 18.6. The number of sulfonamides is 1. The van der Waals surface area contributed by atoms with Crippen LogP contribution in [0.4, 0.5) is 11.4 Å². The highest BCUT2D eigenvalue weighted by molar-refractivity contribution is 7.92.